The Morgan fingerprint density at radius 1 is 1.42 bits per heavy atom. The summed E-state index contributed by atoms with van der Waals surface area (Å²) in [6.07, 6.45) is 1.37. The first-order valence-electron chi connectivity index (χ1n) is 5.04. The van der Waals surface area contributed by atoms with E-state index in [0.717, 1.165) is 11.8 Å². The maximum Gasteiger partial charge on any atom is 0.0193 e. The highest BCUT2D eigenvalue weighted by molar-refractivity contribution is 5.01. The molecule has 2 unspecified atom stereocenters. The van der Waals surface area contributed by atoms with Crippen molar-refractivity contribution in [1.29, 1.82) is 0 Å². The summed E-state index contributed by atoms with van der Waals surface area (Å²) < 4.78 is 0. The third kappa shape index (κ3) is 1.09. The molecule has 0 saturated carbocycles. The predicted octanol–water partition coefficient (Wildman–Crippen LogP) is 0.936. The molecule has 2 heteroatoms. The Bertz CT molecular complexity index is 177. The van der Waals surface area contributed by atoms with Gasteiger partial charge in [-0.15, -0.1) is 0 Å². The number of hydrogen-bond donors (Lipinski definition) is 1. The number of likely N-dealkylation sites (tertiary alicyclic amines) is 1. The van der Waals surface area contributed by atoms with Crippen molar-refractivity contribution in [2.24, 2.45) is 11.8 Å². The molecule has 2 fully saturated rings. The summed E-state index contributed by atoms with van der Waals surface area (Å²) in [5.74, 6) is 1.82. The van der Waals surface area contributed by atoms with E-state index >= 15 is 0 Å². The number of nitrogens with zero attached hydrogens (tertiary/aromatic N) is 1. The lowest BCUT2D eigenvalue weighted by Gasteiger charge is -2.36. The van der Waals surface area contributed by atoms with E-state index in [1.807, 2.05) is 0 Å². The third-order valence-corrected chi connectivity index (χ3v) is 4.02. The molecular formula is C10H20N2. The zero-order valence-electron chi connectivity index (χ0n) is 8.43. The molecule has 0 aromatic heterocycles. The smallest absolute Gasteiger partial charge is 0.0193 e. The molecular weight excluding hydrogens is 148 g/mol. The first-order valence-corrected chi connectivity index (χ1v) is 5.04. The highest BCUT2D eigenvalue weighted by Gasteiger charge is 2.46. The second-order valence-electron chi connectivity index (χ2n) is 4.89. The summed E-state index contributed by atoms with van der Waals surface area (Å²) in [7, 11) is 2.26. The van der Waals surface area contributed by atoms with Gasteiger partial charge < -0.3 is 10.2 Å². The molecule has 2 aliphatic heterocycles. The lowest BCUT2D eigenvalue weighted by molar-refractivity contribution is 0.158. The van der Waals surface area contributed by atoms with Gasteiger partial charge in [-0.05, 0) is 45.7 Å². The molecule has 70 valence electrons. The Hall–Kier alpha value is -0.0800. The Balaban J connectivity index is 2.16. The highest BCUT2D eigenvalue weighted by Crippen LogP contribution is 2.39. The van der Waals surface area contributed by atoms with Crippen molar-refractivity contribution in [1.82, 2.24) is 10.2 Å². The van der Waals surface area contributed by atoms with E-state index in [9.17, 15) is 0 Å². The minimum Gasteiger partial charge on any atom is -0.316 e. The SMILES string of the molecule is CN1CC2CCNCC2C1(C)C. The Kier molecular flexibility index (Phi) is 1.92. The fourth-order valence-corrected chi connectivity index (χ4v) is 2.83. The summed E-state index contributed by atoms with van der Waals surface area (Å²) in [4.78, 5) is 2.52. The van der Waals surface area contributed by atoms with Crippen LogP contribution in [0, 0.1) is 11.8 Å². The van der Waals surface area contributed by atoms with Crippen molar-refractivity contribution in [3.63, 3.8) is 0 Å². The lowest BCUT2D eigenvalue weighted by Crippen LogP contribution is -2.46. The Morgan fingerprint density at radius 2 is 2.17 bits per heavy atom. The van der Waals surface area contributed by atoms with Crippen LogP contribution in [0.4, 0.5) is 0 Å². The van der Waals surface area contributed by atoms with Crippen LogP contribution in [-0.4, -0.2) is 37.1 Å². The van der Waals surface area contributed by atoms with E-state index in [-0.39, 0.29) is 0 Å². The molecule has 2 nitrogen and oxygen atoms in total. The van der Waals surface area contributed by atoms with Gasteiger partial charge in [-0.1, -0.05) is 0 Å². The number of hydrogen-bond acceptors (Lipinski definition) is 2. The minimum absolute atomic E-state index is 0.415. The van der Waals surface area contributed by atoms with Gasteiger partial charge in [-0.3, -0.25) is 0 Å². The molecule has 2 heterocycles. The van der Waals surface area contributed by atoms with E-state index in [1.165, 1.54) is 26.1 Å². The molecule has 0 amide bonds. The van der Waals surface area contributed by atoms with E-state index in [1.54, 1.807) is 0 Å². The fraction of sp³-hybridized carbons (Fsp3) is 1.00. The molecule has 2 aliphatic rings. The van der Waals surface area contributed by atoms with Crippen LogP contribution in [0.3, 0.4) is 0 Å². The molecule has 0 aromatic rings. The third-order valence-electron chi connectivity index (χ3n) is 4.02. The van der Waals surface area contributed by atoms with Crippen molar-refractivity contribution in [2.75, 3.05) is 26.7 Å². The largest absolute Gasteiger partial charge is 0.316 e. The van der Waals surface area contributed by atoms with Gasteiger partial charge in [0.2, 0.25) is 0 Å². The second kappa shape index (κ2) is 2.71. The predicted molar refractivity (Wildman–Crippen MR) is 51.2 cm³/mol. The topological polar surface area (TPSA) is 15.3 Å². The van der Waals surface area contributed by atoms with Gasteiger partial charge in [0.15, 0.2) is 0 Å². The fourth-order valence-electron chi connectivity index (χ4n) is 2.83. The number of fused-ring (bicyclic) bond motifs is 1. The molecule has 2 rings (SSSR count). The molecule has 1 N–H and O–H groups in total. The van der Waals surface area contributed by atoms with Crippen LogP contribution in [0.5, 0.6) is 0 Å². The van der Waals surface area contributed by atoms with E-state index in [0.29, 0.717) is 5.54 Å². The molecule has 0 bridgehead atoms. The number of nitrogens with one attached hydrogen (secondary N) is 1. The molecule has 0 radical (unpaired) electrons. The maximum absolute atomic E-state index is 3.51. The normalized spacial score (nSPS) is 41.2. The van der Waals surface area contributed by atoms with Crippen LogP contribution in [-0.2, 0) is 0 Å². The molecule has 0 aliphatic carbocycles. The van der Waals surface area contributed by atoms with Crippen LogP contribution < -0.4 is 5.32 Å². The number of rotatable bonds is 0. The molecule has 2 saturated heterocycles. The van der Waals surface area contributed by atoms with Gasteiger partial charge >= 0.3 is 0 Å². The van der Waals surface area contributed by atoms with Gasteiger partial charge in [0.05, 0.1) is 0 Å². The zero-order valence-corrected chi connectivity index (χ0v) is 8.43. The van der Waals surface area contributed by atoms with Crippen molar-refractivity contribution in [3.8, 4) is 0 Å². The monoisotopic (exact) mass is 168 g/mol. The van der Waals surface area contributed by atoms with Crippen LogP contribution in [0.25, 0.3) is 0 Å². The van der Waals surface area contributed by atoms with E-state index in [4.69, 9.17) is 0 Å². The van der Waals surface area contributed by atoms with Gasteiger partial charge in [0.1, 0.15) is 0 Å². The van der Waals surface area contributed by atoms with E-state index in [2.05, 4.69) is 31.1 Å². The zero-order chi connectivity index (χ0) is 8.77. The molecule has 0 spiro atoms. The van der Waals surface area contributed by atoms with E-state index < -0.39 is 0 Å². The Morgan fingerprint density at radius 3 is 2.83 bits per heavy atom. The summed E-state index contributed by atoms with van der Waals surface area (Å²) in [6, 6.07) is 0. The maximum atomic E-state index is 3.51. The summed E-state index contributed by atoms with van der Waals surface area (Å²) >= 11 is 0. The van der Waals surface area contributed by atoms with Crippen LogP contribution in [0.15, 0.2) is 0 Å². The van der Waals surface area contributed by atoms with Crippen LogP contribution in [0.2, 0.25) is 0 Å². The lowest BCUT2D eigenvalue weighted by atomic mass is 9.79. The van der Waals surface area contributed by atoms with Gasteiger partial charge in [-0.25, -0.2) is 0 Å². The second-order valence-corrected chi connectivity index (χ2v) is 4.89. The van der Waals surface area contributed by atoms with Gasteiger partial charge in [-0.2, -0.15) is 0 Å². The Labute approximate surface area is 75.3 Å². The van der Waals surface area contributed by atoms with Crippen molar-refractivity contribution < 1.29 is 0 Å². The summed E-state index contributed by atoms with van der Waals surface area (Å²) in [5, 5.41) is 3.51. The first kappa shape index (κ1) is 8.52. The van der Waals surface area contributed by atoms with Crippen molar-refractivity contribution in [3.05, 3.63) is 0 Å². The molecule has 12 heavy (non-hydrogen) atoms. The van der Waals surface area contributed by atoms with Gasteiger partial charge in [0, 0.05) is 18.6 Å². The average Bonchev–Trinajstić information content (AvgIpc) is 2.25. The van der Waals surface area contributed by atoms with Crippen molar-refractivity contribution >= 4 is 0 Å². The first-order chi connectivity index (χ1) is 5.62. The summed E-state index contributed by atoms with van der Waals surface area (Å²) in [6.45, 7) is 8.52. The molecule has 2 atom stereocenters. The van der Waals surface area contributed by atoms with Crippen LogP contribution >= 0.6 is 0 Å². The molecule has 0 aromatic carbocycles. The highest BCUT2D eigenvalue weighted by atomic mass is 15.2. The summed E-state index contributed by atoms with van der Waals surface area (Å²) in [5.41, 5.74) is 0.415. The standard InChI is InChI=1S/C10H20N2/c1-10(2)9-6-11-5-4-8(9)7-12(10)3/h8-9,11H,4-7H2,1-3H3. The number of piperidine rings is 1. The minimum atomic E-state index is 0.415. The van der Waals surface area contributed by atoms with Crippen LogP contribution in [0.1, 0.15) is 20.3 Å². The van der Waals surface area contributed by atoms with Crippen molar-refractivity contribution in [2.45, 2.75) is 25.8 Å². The quantitative estimate of drug-likeness (QED) is 0.579. The van der Waals surface area contributed by atoms with Gasteiger partial charge in [0.25, 0.3) is 0 Å². The average molecular weight is 168 g/mol.